The van der Waals surface area contributed by atoms with Gasteiger partial charge in [-0.2, -0.15) is 5.26 Å². The summed E-state index contributed by atoms with van der Waals surface area (Å²) in [5.41, 5.74) is 9.70. The quantitative estimate of drug-likeness (QED) is 0.664. The summed E-state index contributed by atoms with van der Waals surface area (Å²) < 4.78 is 0. The van der Waals surface area contributed by atoms with Gasteiger partial charge in [-0.1, -0.05) is 17.7 Å². The number of carbonyl (C=O) groups excluding carboxylic acids is 1. The van der Waals surface area contributed by atoms with Crippen molar-refractivity contribution >= 4 is 28.9 Å². The van der Waals surface area contributed by atoms with Crippen molar-refractivity contribution < 1.29 is 4.79 Å². The van der Waals surface area contributed by atoms with Gasteiger partial charge in [0.2, 0.25) is 5.91 Å². The van der Waals surface area contributed by atoms with Crippen molar-refractivity contribution in [1.29, 1.82) is 5.26 Å². The average molecular weight is 329 g/mol. The van der Waals surface area contributed by atoms with Crippen LogP contribution >= 0.6 is 11.6 Å². The van der Waals surface area contributed by atoms with Crippen LogP contribution in [0.2, 0.25) is 5.15 Å². The number of nitrogens with one attached hydrogen (secondary N) is 1. The maximum Gasteiger partial charge on any atom is 0.224 e. The molecule has 0 bridgehead atoms. The average Bonchev–Trinajstić information content (AvgIpc) is 2.47. The highest BCUT2D eigenvalue weighted by atomic mass is 35.5. The molecule has 0 radical (unpaired) electrons. The molecule has 0 aliphatic heterocycles. The SMILES string of the molecule is Cc1nc(Cl)c(C#N)c(C)c1CCC(=O)Nc1cccc(N)c1. The fraction of sp³-hybridized carbons (Fsp3) is 0.235. The zero-order chi connectivity index (χ0) is 17.0. The molecule has 2 rings (SSSR count). The minimum Gasteiger partial charge on any atom is -0.399 e. The molecule has 0 fully saturated rings. The van der Waals surface area contributed by atoms with Crippen molar-refractivity contribution in [2.24, 2.45) is 0 Å². The zero-order valence-corrected chi connectivity index (χ0v) is 13.7. The number of nitrogen functional groups attached to an aromatic ring is 1. The van der Waals surface area contributed by atoms with Crippen LogP contribution in [0.1, 0.15) is 28.8 Å². The van der Waals surface area contributed by atoms with Crippen LogP contribution in [0.15, 0.2) is 24.3 Å². The number of rotatable bonds is 4. The summed E-state index contributed by atoms with van der Waals surface area (Å²) in [7, 11) is 0. The predicted molar refractivity (Wildman–Crippen MR) is 91.2 cm³/mol. The second kappa shape index (κ2) is 7.12. The minimum absolute atomic E-state index is 0.122. The van der Waals surface area contributed by atoms with Gasteiger partial charge in [0.25, 0.3) is 0 Å². The number of hydrogen-bond acceptors (Lipinski definition) is 4. The Kier molecular flexibility index (Phi) is 5.20. The number of anilines is 2. The molecular weight excluding hydrogens is 312 g/mol. The van der Waals surface area contributed by atoms with Crippen molar-refractivity contribution in [3.63, 3.8) is 0 Å². The van der Waals surface area contributed by atoms with Crippen LogP contribution in [-0.2, 0) is 11.2 Å². The lowest BCUT2D eigenvalue weighted by atomic mass is 9.99. The van der Waals surface area contributed by atoms with Gasteiger partial charge in [-0.05, 0) is 49.6 Å². The summed E-state index contributed by atoms with van der Waals surface area (Å²) in [5.74, 6) is -0.122. The molecule has 0 atom stereocenters. The first kappa shape index (κ1) is 16.8. The molecule has 0 spiro atoms. The first-order chi connectivity index (χ1) is 10.9. The molecule has 118 valence electrons. The molecular formula is C17H17ClN4O. The van der Waals surface area contributed by atoms with E-state index in [1.807, 2.05) is 13.8 Å². The largest absolute Gasteiger partial charge is 0.399 e. The van der Waals surface area contributed by atoms with Gasteiger partial charge in [-0.15, -0.1) is 0 Å². The highest BCUT2D eigenvalue weighted by molar-refractivity contribution is 6.30. The highest BCUT2D eigenvalue weighted by Gasteiger charge is 2.14. The van der Waals surface area contributed by atoms with Crippen LogP contribution in [0.4, 0.5) is 11.4 Å². The number of pyridine rings is 1. The predicted octanol–water partition coefficient (Wildman–Crippen LogP) is 3.38. The van der Waals surface area contributed by atoms with Crippen LogP contribution in [0, 0.1) is 25.2 Å². The van der Waals surface area contributed by atoms with Crippen LogP contribution in [0.25, 0.3) is 0 Å². The second-order valence-electron chi connectivity index (χ2n) is 5.25. The Morgan fingerprint density at radius 2 is 2.17 bits per heavy atom. The van der Waals surface area contributed by atoms with Crippen molar-refractivity contribution in [2.45, 2.75) is 26.7 Å². The Morgan fingerprint density at radius 3 is 2.83 bits per heavy atom. The Hall–Kier alpha value is -2.58. The number of nitriles is 1. The third kappa shape index (κ3) is 3.99. The van der Waals surface area contributed by atoms with Gasteiger partial charge in [0.05, 0.1) is 5.56 Å². The number of nitrogens with two attached hydrogens (primary N) is 1. The summed E-state index contributed by atoms with van der Waals surface area (Å²) in [4.78, 5) is 16.3. The molecule has 0 saturated carbocycles. The normalized spacial score (nSPS) is 10.2. The molecule has 1 heterocycles. The van der Waals surface area contributed by atoms with E-state index in [4.69, 9.17) is 22.6 Å². The van der Waals surface area contributed by atoms with E-state index in [9.17, 15) is 4.79 Å². The Morgan fingerprint density at radius 1 is 1.43 bits per heavy atom. The van der Waals surface area contributed by atoms with Crippen LogP contribution in [0.3, 0.4) is 0 Å². The summed E-state index contributed by atoms with van der Waals surface area (Å²) in [6.07, 6.45) is 0.773. The smallest absolute Gasteiger partial charge is 0.224 e. The molecule has 3 N–H and O–H groups in total. The van der Waals surface area contributed by atoms with Gasteiger partial charge < -0.3 is 11.1 Å². The van der Waals surface area contributed by atoms with E-state index in [1.54, 1.807) is 24.3 Å². The van der Waals surface area contributed by atoms with Gasteiger partial charge >= 0.3 is 0 Å². The van der Waals surface area contributed by atoms with Crippen LogP contribution in [0.5, 0.6) is 0 Å². The molecule has 1 aromatic heterocycles. The third-order valence-corrected chi connectivity index (χ3v) is 3.89. The summed E-state index contributed by atoms with van der Waals surface area (Å²) in [6.45, 7) is 3.65. The van der Waals surface area contributed by atoms with Gasteiger partial charge in [0.1, 0.15) is 11.2 Å². The number of carbonyl (C=O) groups is 1. The summed E-state index contributed by atoms with van der Waals surface area (Å²) in [6, 6.07) is 9.07. The number of benzene rings is 1. The van der Waals surface area contributed by atoms with Crippen LogP contribution in [-0.4, -0.2) is 10.9 Å². The zero-order valence-electron chi connectivity index (χ0n) is 13.0. The van der Waals surface area contributed by atoms with Crippen molar-refractivity contribution in [3.05, 3.63) is 51.8 Å². The maximum absolute atomic E-state index is 12.1. The van der Waals surface area contributed by atoms with Crippen molar-refractivity contribution in [2.75, 3.05) is 11.1 Å². The molecule has 0 aliphatic carbocycles. The minimum atomic E-state index is -0.122. The lowest BCUT2D eigenvalue weighted by Crippen LogP contribution is -2.13. The van der Waals surface area contributed by atoms with E-state index >= 15 is 0 Å². The van der Waals surface area contributed by atoms with E-state index < -0.39 is 0 Å². The van der Waals surface area contributed by atoms with Gasteiger partial charge in [0.15, 0.2) is 0 Å². The molecule has 1 aromatic carbocycles. The molecule has 0 unspecified atom stereocenters. The fourth-order valence-corrected chi connectivity index (χ4v) is 2.74. The van der Waals surface area contributed by atoms with E-state index in [-0.39, 0.29) is 17.5 Å². The standard InChI is InChI=1S/C17H17ClN4O/c1-10-14(11(2)21-17(18)15(10)9-19)6-7-16(23)22-13-5-3-4-12(20)8-13/h3-5,8H,6-7,20H2,1-2H3,(H,22,23). The van der Waals surface area contributed by atoms with Crippen molar-refractivity contribution in [1.82, 2.24) is 4.98 Å². The topological polar surface area (TPSA) is 91.8 Å². The van der Waals surface area contributed by atoms with E-state index in [0.29, 0.717) is 23.4 Å². The Bertz CT molecular complexity index is 796. The fourth-order valence-electron chi connectivity index (χ4n) is 2.42. The van der Waals surface area contributed by atoms with Gasteiger partial charge in [0, 0.05) is 23.5 Å². The summed E-state index contributed by atoms with van der Waals surface area (Å²) >= 11 is 5.97. The molecule has 23 heavy (non-hydrogen) atoms. The third-order valence-electron chi connectivity index (χ3n) is 3.62. The Labute approximate surface area is 140 Å². The Balaban J connectivity index is 2.09. The lowest BCUT2D eigenvalue weighted by molar-refractivity contribution is -0.116. The van der Waals surface area contributed by atoms with E-state index in [1.165, 1.54) is 0 Å². The van der Waals surface area contributed by atoms with Gasteiger partial charge in [-0.3, -0.25) is 4.79 Å². The molecule has 0 saturated heterocycles. The number of aryl methyl sites for hydroxylation is 1. The molecule has 0 aliphatic rings. The lowest BCUT2D eigenvalue weighted by Gasteiger charge is -2.12. The number of amides is 1. The first-order valence-corrected chi connectivity index (χ1v) is 7.51. The number of aromatic nitrogens is 1. The molecule has 2 aromatic rings. The highest BCUT2D eigenvalue weighted by Crippen LogP contribution is 2.24. The van der Waals surface area contributed by atoms with Crippen molar-refractivity contribution in [3.8, 4) is 6.07 Å². The number of hydrogen-bond donors (Lipinski definition) is 2. The second-order valence-corrected chi connectivity index (χ2v) is 5.61. The number of nitrogens with zero attached hydrogens (tertiary/aromatic N) is 2. The molecule has 1 amide bonds. The monoisotopic (exact) mass is 328 g/mol. The molecule has 5 nitrogen and oxygen atoms in total. The maximum atomic E-state index is 12.1. The van der Waals surface area contributed by atoms with E-state index in [2.05, 4.69) is 16.4 Å². The van der Waals surface area contributed by atoms with E-state index in [0.717, 1.165) is 16.8 Å². The van der Waals surface area contributed by atoms with Crippen LogP contribution < -0.4 is 11.1 Å². The molecule has 6 heteroatoms. The van der Waals surface area contributed by atoms with Gasteiger partial charge in [-0.25, -0.2) is 4.98 Å². The summed E-state index contributed by atoms with van der Waals surface area (Å²) in [5, 5.41) is 12.2. The number of halogens is 1. The first-order valence-electron chi connectivity index (χ1n) is 7.13.